The van der Waals surface area contributed by atoms with Gasteiger partial charge in [0.2, 0.25) is 23.6 Å². The van der Waals surface area contributed by atoms with E-state index < -0.39 is 36.1 Å². The van der Waals surface area contributed by atoms with Crippen LogP contribution in [0.4, 0.5) is 0 Å². The first kappa shape index (κ1) is 40.3. The molecule has 14 nitrogen and oxygen atoms in total. The monoisotopic (exact) mass is 766 g/mol. The molecule has 2 fully saturated rings. The van der Waals surface area contributed by atoms with E-state index in [1.807, 2.05) is 24.3 Å². The summed E-state index contributed by atoms with van der Waals surface area (Å²) < 4.78 is 0. The molecule has 6 atom stereocenters. The number of carbonyl (C=O) groups is 4. The van der Waals surface area contributed by atoms with E-state index >= 15 is 0 Å². The van der Waals surface area contributed by atoms with Crippen LogP contribution in [-0.4, -0.2) is 101 Å². The van der Waals surface area contributed by atoms with Gasteiger partial charge < -0.3 is 40.6 Å². The molecule has 2 aliphatic rings. The van der Waals surface area contributed by atoms with Gasteiger partial charge in [0.25, 0.3) is 0 Å². The molecule has 298 valence electrons. The van der Waals surface area contributed by atoms with E-state index in [0.29, 0.717) is 24.7 Å². The Labute approximate surface area is 327 Å². The lowest BCUT2D eigenvalue weighted by Crippen LogP contribution is -2.50. The lowest BCUT2D eigenvalue weighted by atomic mass is 10.0. The second kappa shape index (κ2) is 17.2. The summed E-state index contributed by atoms with van der Waals surface area (Å²) in [5.74, 6) is -0.625. The van der Waals surface area contributed by atoms with Gasteiger partial charge in [-0.15, -0.1) is 0 Å². The second-order valence-corrected chi connectivity index (χ2v) is 15.7. The summed E-state index contributed by atoms with van der Waals surface area (Å²) in [5.41, 5.74) is 5.67. The maximum Gasteiger partial charge on any atom is 0.249 e. The zero-order valence-corrected chi connectivity index (χ0v) is 33.0. The van der Waals surface area contributed by atoms with E-state index in [0.717, 1.165) is 59.3 Å². The van der Waals surface area contributed by atoms with Crippen LogP contribution < -0.4 is 10.6 Å². The van der Waals surface area contributed by atoms with Crippen molar-refractivity contribution in [3.05, 3.63) is 72.6 Å². The molecule has 0 radical (unpaired) electrons. The normalized spacial score (nSPS) is 19.2. The molecule has 4 aromatic rings. The Bertz CT molecular complexity index is 1860. The number of carbonyl (C=O) groups excluding carboxylic acids is 4. The lowest BCUT2D eigenvalue weighted by molar-refractivity contribution is -0.140. The molecule has 6 rings (SSSR count). The average Bonchev–Trinajstić information content (AvgIpc) is 4.03. The molecule has 2 saturated heterocycles. The Morgan fingerprint density at radius 2 is 0.946 bits per heavy atom. The molecule has 56 heavy (non-hydrogen) atoms. The van der Waals surface area contributed by atoms with E-state index in [-0.39, 0.29) is 35.7 Å². The SMILES string of the molecule is CC(C)[C@@H](O)C(=O)N[C@@H](C)C(=O)N1CCC[C@H]1c1ncc(-c2ccc(-c3ccc(-c4cnc([C@@H]5CCCN5C(=O)[C@H](C)NC(=O)[C@H](O)C(C)C)[nH]4)cc3)cc2)[nH]1. The summed E-state index contributed by atoms with van der Waals surface area (Å²) in [6, 6.07) is 14.3. The number of nitrogens with zero attached hydrogens (tertiary/aromatic N) is 4. The number of rotatable bonds is 13. The number of likely N-dealkylation sites (tertiary alicyclic amines) is 2. The third-order valence-electron chi connectivity index (χ3n) is 10.9. The number of hydrogen-bond donors (Lipinski definition) is 6. The van der Waals surface area contributed by atoms with Crippen LogP contribution in [-0.2, 0) is 19.2 Å². The van der Waals surface area contributed by atoms with Gasteiger partial charge in [-0.3, -0.25) is 19.2 Å². The number of aromatic amines is 2. The predicted molar refractivity (Wildman–Crippen MR) is 211 cm³/mol. The van der Waals surface area contributed by atoms with Gasteiger partial charge in [-0.1, -0.05) is 76.2 Å². The van der Waals surface area contributed by atoms with Crippen LogP contribution in [0.1, 0.15) is 91.0 Å². The van der Waals surface area contributed by atoms with Crippen LogP contribution >= 0.6 is 0 Å². The topological polar surface area (TPSA) is 197 Å². The highest BCUT2D eigenvalue weighted by molar-refractivity contribution is 5.90. The molecular formula is C42H54N8O6. The number of benzene rings is 2. The van der Waals surface area contributed by atoms with Crippen molar-refractivity contribution in [2.24, 2.45) is 11.8 Å². The third-order valence-corrected chi connectivity index (χ3v) is 10.9. The van der Waals surface area contributed by atoms with Crippen molar-refractivity contribution in [1.29, 1.82) is 0 Å². The minimum Gasteiger partial charge on any atom is -0.383 e. The first-order valence-electron chi connectivity index (χ1n) is 19.6. The molecule has 2 aromatic carbocycles. The van der Waals surface area contributed by atoms with Crippen LogP contribution in [0.5, 0.6) is 0 Å². The molecular weight excluding hydrogens is 713 g/mol. The molecule has 0 saturated carbocycles. The van der Waals surface area contributed by atoms with Gasteiger partial charge in [0.05, 0.1) is 35.9 Å². The number of aliphatic hydroxyl groups excluding tert-OH is 2. The summed E-state index contributed by atoms with van der Waals surface area (Å²) in [6.45, 7) is 11.4. The average molecular weight is 767 g/mol. The largest absolute Gasteiger partial charge is 0.383 e. The van der Waals surface area contributed by atoms with Crippen molar-refractivity contribution in [3.8, 4) is 33.6 Å². The Balaban J connectivity index is 1.07. The lowest BCUT2D eigenvalue weighted by Gasteiger charge is -2.27. The molecule has 6 N–H and O–H groups in total. The minimum absolute atomic E-state index is 0.205. The van der Waals surface area contributed by atoms with E-state index in [1.54, 1.807) is 63.7 Å². The zero-order chi connectivity index (χ0) is 40.3. The minimum atomic E-state index is -1.17. The number of aliphatic hydroxyl groups is 2. The molecule has 4 amide bonds. The standard InChI is InChI=1S/C42H54N8O6/c1-23(2)35(51)39(53)45-25(5)41(55)49-19-7-9-33(49)37-43-21-31(47-37)29-15-11-27(12-16-29)28-13-17-30(18-14-28)32-22-44-38(48-32)34-10-8-20-50(34)42(56)26(6)46-40(54)36(52)24(3)4/h11-18,21-26,33-36,51-52H,7-10,19-20H2,1-6H3,(H,43,47)(H,44,48)(H,45,53)(H,46,54)/t25-,26-,33-,34-,35+,36+/m0/s1. The summed E-state index contributed by atoms with van der Waals surface area (Å²) >= 11 is 0. The fourth-order valence-electron chi connectivity index (χ4n) is 7.44. The van der Waals surface area contributed by atoms with Gasteiger partial charge in [-0.05, 0) is 73.6 Å². The van der Waals surface area contributed by atoms with Crippen LogP contribution in [0.25, 0.3) is 33.6 Å². The molecule has 0 unspecified atom stereocenters. The summed E-state index contributed by atoms with van der Waals surface area (Å²) in [7, 11) is 0. The van der Waals surface area contributed by atoms with Gasteiger partial charge >= 0.3 is 0 Å². The van der Waals surface area contributed by atoms with E-state index in [2.05, 4.69) is 54.8 Å². The Kier molecular flexibility index (Phi) is 12.4. The Morgan fingerprint density at radius 1 is 0.607 bits per heavy atom. The van der Waals surface area contributed by atoms with Crippen molar-refractivity contribution in [2.45, 2.75) is 104 Å². The summed E-state index contributed by atoms with van der Waals surface area (Å²) in [6.07, 6.45) is 4.37. The van der Waals surface area contributed by atoms with Crippen molar-refractivity contribution in [3.63, 3.8) is 0 Å². The molecule has 4 heterocycles. The molecule has 0 aliphatic carbocycles. The van der Waals surface area contributed by atoms with Crippen LogP contribution in [0.3, 0.4) is 0 Å². The Morgan fingerprint density at radius 3 is 1.29 bits per heavy atom. The third kappa shape index (κ3) is 8.71. The zero-order valence-electron chi connectivity index (χ0n) is 33.0. The second-order valence-electron chi connectivity index (χ2n) is 15.7. The van der Waals surface area contributed by atoms with E-state index in [1.165, 1.54) is 0 Å². The molecule has 2 aromatic heterocycles. The van der Waals surface area contributed by atoms with Crippen molar-refractivity contribution in [2.75, 3.05) is 13.1 Å². The summed E-state index contributed by atoms with van der Waals surface area (Å²) in [4.78, 5) is 71.0. The number of imidazole rings is 2. The van der Waals surface area contributed by atoms with Crippen LogP contribution in [0, 0.1) is 11.8 Å². The quantitative estimate of drug-likeness (QED) is 0.114. The van der Waals surface area contributed by atoms with E-state index in [4.69, 9.17) is 0 Å². The predicted octanol–water partition coefficient (Wildman–Crippen LogP) is 4.50. The number of nitrogens with one attached hydrogen (secondary N) is 4. The van der Waals surface area contributed by atoms with Gasteiger partial charge in [-0.25, -0.2) is 9.97 Å². The van der Waals surface area contributed by atoms with Crippen LogP contribution in [0.2, 0.25) is 0 Å². The van der Waals surface area contributed by atoms with Crippen molar-refractivity contribution in [1.82, 2.24) is 40.4 Å². The highest BCUT2D eigenvalue weighted by atomic mass is 16.3. The van der Waals surface area contributed by atoms with Crippen LogP contribution in [0.15, 0.2) is 60.9 Å². The maximum absolute atomic E-state index is 13.3. The molecule has 14 heteroatoms. The van der Waals surface area contributed by atoms with Crippen molar-refractivity contribution >= 4 is 23.6 Å². The highest BCUT2D eigenvalue weighted by Crippen LogP contribution is 2.34. The maximum atomic E-state index is 13.3. The molecule has 0 bridgehead atoms. The highest BCUT2D eigenvalue weighted by Gasteiger charge is 2.37. The van der Waals surface area contributed by atoms with Gasteiger partial charge in [0.15, 0.2) is 0 Å². The van der Waals surface area contributed by atoms with E-state index in [9.17, 15) is 29.4 Å². The fraction of sp³-hybridized carbons (Fsp3) is 0.476. The van der Waals surface area contributed by atoms with Gasteiger partial charge in [-0.2, -0.15) is 0 Å². The summed E-state index contributed by atoms with van der Waals surface area (Å²) in [5, 5.41) is 25.5. The van der Waals surface area contributed by atoms with Gasteiger partial charge in [0.1, 0.15) is 35.9 Å². The Hall–Kier alpha value is -5.34. The smallest absolute Gasteiger partial charge is 0.249 e. The number of H-pyrrole nitrogens is 2. The number of amides is 4. The first-order valence-corrected chi connectivity index (χ1v) is 19.6. The molecule has 0 spiro atoms. The number of aromatic nitrogens is 4. The van der Waals surface area contributed by atoms with Crippen molar-refractivity contribution < 1.29 is 29.4 Å². The fourth-order valence-corrected chi connectivity index (χ4v) is 7.44. The molecule has 2 aliphatic heterocycles. The first-order chi connectivity index (χ1) is 26.7. The van der Waals surface area contributed by atoms with Gasteiger partial charge in [0, 0.05) is 13.1 Å². The number of hydrogen-bond acceptors (Lipinski definition) is 8.